The summed E-state index contributed by atoms with van der Waals surface area (Å²) in [5.41, 5.74) is 2.13. The normalized spacial score (nSPS) is 11.9. The first-order valence-corrected chi connectivity index (χ1v) is 20.8. The van der Waals surface area contributed by atoms with Crippen molar-refractivity contribution in [3.05, 3.63) is 44.2 Å². The summed E-state index contributed by atoms with van der Waals surface area (Å²) in [6, 6.07) is 0. The van der Waals surface area contributed by atoms with E-state index >= 15 is 0 Å². The van der Waals surface area contributed by atoms with E-state index in [0.717, 1.165) is 0 Å². The Kier molecular flexibility index (Phi) is 21.0. The van der Waals surface area contributed by atoms with E-state index < -0.39 is 0 Å². The molecule has 0 aromatic carbocycles. The number of aromatic amines is 4. The summed E-state index contributed by atoms with van der Waals surface area (Å²) in [4.78, 5) is 14.2. The highest BCUT2D eigenvalue weighted by Crippen LogP contribution is 2.39. The average molecular weight is 905 g/mol. The molecule has 0 fully saturated rings. The summed E-state index contributed by atoms with van der Waals surface area (Å²) in [7, 11) is 12.8. The maximum absolute atomic E-state index is 6.44. The van der Waals surface area contributed by atoms with Gasteiger partial charge in [0.2, 0.25) is 0 Å². The zero-order chi connectivity index (χ0) is 45.5. The molecule has 20 nitrogen and oxygen atoms in total. The Balaban J connectivity index is 1.98. The molecule has 0 unspecified atom stereocenters. The SMILES string of the molecule is COCCOc1c2[nH]c(c1OCCOC)C=c1[nH]c(c(OCCOC)c1OCCOC)=Cc1[nH]c(c(OCCOC)c1OCCOC)C=c1[nH]c(c(OCCOC)c1OCCOC)=C2. The average Bonchev–Trinajstić information content (AvgIpc) is 3.99. The molecule has 0 saturated carbocycles. The number of methoxy groups -OCH3 is 8. The third kappa shape index (κ3) is 13.4. The monoisotopic (exact) mass is 904 g/mol. The summed E-state index contributed by atoms with van der Waals surface area (Å²) in [5, 5.41) is 2.13. The predicted octanol–water partition coefficient (Wildman–Crippen LogP) is 0.829. The molecule has 0 radical (unpaired) electrons. The van der Waals surface area contributed by atoms with E-state index in [1.165, 1.54) is 0 Å². The van der Waals surface area contributed by atoms with E-state index in [2.05, 4.69) is 19.9 Å². The maximum atomic E-state index is 6.44. The van der Waals surface area contributed by atoms with Crippen LogP contribution in [0.15, 0.2) is 0 Å². The Morgan fingerprint density at radius 2 is 0.406 bits per heavy atom. The quantitative estimate of drug-likeness (QED) is 0.0441. The number of fused-ring (bicyclic) bond motifs is 8. The number of rotatable bonds is 32. The number of nitrogens with one attached hydrogen (secondary N) is 4. The van der Waals surface area contributed by atoms with Gasteiger partial charge in [-0.05, 0) is 24.3 Å². The number of aromatic nitrogens is 4. The van der Waals surface area contributed by atoms with Crippen LogP contribution in [-0.2, 0) is 37.9 Å². The largest absolute Gasteiger partial charge is 0.485 e. The fourth-order valence-corrected chi connectivity index (χ4v) is 6.37. The predicted molar refractivity (Wildman–Crippen MR) is 235 cm³/mol. The molecule has 4 aromatic heterocycles. The highest BCUT2D eigenvalue weighted by Gasteiger charge is 2.25. The Morgan fingerprint density at radius 3 is 0.578 bits per heavy atom. The molecular weight excluding hydrogens is 840 g/mol. The Bertz CT molecular complexity index is 1940. The lowest BCUT2D eigenvalue weighted by molar-refractivity contribution is 0.132. The van der Waals surface area contributed by atoms with Gasteiger partial charge in [-0.15, -0.1) is 0 Å². The molecule has 20 heteroatoms. The van der Waals surface area contributed by atoms with Crippen molar-refractivity contribution < 1.29 is 75.8 Å². The molecule has 8 bridgehead atoms. The van der Waals surface area contributed by atoms with Crippen molar-refractivity contribution in [2.24, 2.45) is 0 Å². The fraction of sp³-hybridized carbons (Fsp3) is 0.545. The molecule has 64 heavy (non-hydrogen) atoms. The summed E-state index contributed by atoms with van der Waals surface area (Å²) in [6.45, 7) is 4.16. The first-order valence-electron chi connectivity index (χ1n) is 20.8. The summed E-state index contributed by atoms with van der Waals surface area (Å²) in [6.07, 6.45) is 7.43. The van der Waals surface area contributed by atoms with Crippen LogP contribution in [0, 0.1) is 0 Å². The molecule has 1 aliphatic rings. The topological polar surface area (TPSA) is 211 Å². The van der Waals surface area contributed by atoms with Crippen molar-refractivity contribution in [2.45, 2.75) is 0 Å². The van der Waals surface area contributed by atoms with Crippen LogP contribution in [0.2, 0.25) is 0 Å². The minimum Gasteiger partial charge on any atom is -0.485 e. The third-order valence-electron chi connectivity index (χ3n) is 9.28. The zero-order valence-corrected chi connectivity index (χ0v) is 38.2. The van der Waals surface area contributed by atoms with Crippen molar-refractivity contribution in [3.63, 3.8) is 0 Å². The lowest BCUT2D eigenvalue weighted by Gasteiger charge is -2.11. The van der Waals surface area contributed by atoms with Crippen LogP contribution in [0.4, 0.5) is 0 Å². The van der Waals surface area contributed by atoms with Crippen LogP contribution in [-0.4, -0.2) is 183 Å². The standard InChI is InChI=1S/C44H64N4O16/c1-49-9-17-57-37-29-25-31-39(59-19-11-51-3)41(61-21-13-53-5)33(46-31)27-35-43(63-23-15-55-7)44(64-24-16-56-8)36(48-35)28-34-42(62-22-14-54-6)40(60-20-12-52-4)32(47-34)26-30(45-29)38(37)58-18-10-50-2/h25-28,45-48H,9-24H2,1-8H3. The molecule has 5 rings (SSSR count). The van der Waals surface area contributed by atoms with Crippen LogP contribution in [0.3, 0.4) is 0 Å². The smallest absolute Gasteiger partial charge is 0.187 e. The van der Waals surface area contributed by atoms with Gasteiger partial charge in [0.1, 0.15) is 52.9 Å². The van der Waals surface area contributed by atoms with Gasteiger partial charge in [0, 0.05) is 56.9 Å². The molecule has 4 aromatic rings. The van der Waals surface area contributed by atoms with Crippen LogP contribution in [0.5, 0.6) is 46.0 Å². The number of hydrogen-bond acceptors (Lipinski definition) is 16. The van der Waals surface area contributed by atoms with Gasteiger partial charge >= 0.3 is 0 Å². The third-order valence-corrected chi connectivity index (χ3v) is 9.28. The molecular formula is C44H64N4O16. The van der Waals surface area contributed by atoms with Gasteiger partial charge in [-0.1, -0.05) is 0 Å². The summed E-state index contributed by atoms with van der Waals surface area (Å²) >= 11 is 0. The molecule has 1 aliphatic heterocycles. The van der Waals surface area contributed by atoms with E-state index in [-0.39, 0.29) is 52.9 Å². The highest BCUT2D eigenvalue weighted by atomic mass is 16.6. The molecule has 356 valence electrons. The van der Waals surface area contributed by atoms with E-state index in [4.69, 9.17) is 75.8 Å². The van der Waals surface area contributed by atoms with Crippen LogP contribution in [0.1, 0.15) is 22.8 Å². The Labute approximate surface area is 372 Å². The van der Waals surface area contributed by atoms with E-state index in [0.29, 0.717) is 143 Å². The number of ether oxygens (including phenoxy) is 16. The van der Waals surface area contributed by atoms with Gasteiger partial charge in [0.25, 0.3) is 0 Å². The highest BCUT2D eigenvalue weighted by molar-refractivity contribution is 5.73. The van der Waals surface area contributed by atoms with Crippen molar-refractivity contribution in [3.8, 4) is 46.0 Å². The summed E-state index contributed by atoms with van der Waals surface area (Å²) < 4.78 is 94.6. The lowest BCUT2D eigenvalue weighted by Crippen LogP contribution is -2.14. The van der Waals surface area contributed by atoms with E-state index in [1.54, 1.807) is 56.9 Å². The van der Waals surface area contributed by atoms with Crippen LogP contribution < -0.4 is 59.3 Å². The number of hydrogen-bond donors (Lipinski definition) is 4. The van der Waals surface area contributed by atoms with Gasteiger partial charge in [-0.25, -0.2) is 0 Å². The second-order valence-corrected chi connectivity index (χ2v) is 13.7. The van der Waals surface area contributed by atoms with Gasteiger partial charge in [0.05, 0.1) is 97.0 Å². The second kappa shape index (κ2) is 27.1. The van der Waals surface area contributed by atoms with E-state index in [1.807, 2.05) is 24.3 Å². The molecule has 0 atom stereocenters. The first kappa shape index (κ1) is 49.7. The van der Waals surface area contributed by atoms with E-state index in [9.17, 15) is 0 Å². The fourth-order valence-electron chi connectivity index (χ4n) is 6.37. The maximum Gasteiger partial charge on any atom is 0.187 e. The molecule has 0 saturated heterocycles. The van der Waals surface area contributed by atoms with Gasteiger partial charge in [0.15, 0.2) is 46.0 Å². The second-order valence-electron chi connectivity index (χ2n) is 13.7. The minimum absolute atomic E-state index is 0.210. The van der Waals surface area contributed by atoms with Crippen molar-refractivity contribution in [1.29, 1.82) is 0 Å². The Morgan fingerprint density at radius 1 is 0.234 bits per heavy atom. The lowest BCUT2D eigenvalue weighted by atomic mass is 10.3. The summed E-state index contributed by atoms with van der Waals surface area (Å²) in [5.74, 6) is 3.26. The molecule has 4 N–H and O–H groups in total. The first-order chi connectivity index (χ1) is 31.5. The molecule has 0 amide bonds. The van der Waals surface area contributed by atoms with Gasteiger partial charge < -0.3 is 95.7 Å². The molecule has 5 heterocycles. The van der Waals surface area contributed by atoms with Crippen molar-refractivity contribution >= 4 is 24.3 Å². The number of H-pyrrole nitrogens is 4. The molecule has 0 aliphatic carbocycles. The van der Waals surface area contributed by atoms with Crippen molar-refractivity contribution in [2.75, 3.05) is 163 Å². The molecule has 0 spiro atoms. The van der Waals surface area contributed by atoms with Gasteiger partial charge in [-0.3, -0.25) is 0 Å². The van der Waals surface area contributed by atoms with Crippen LogP contribution in [0.25, 0.3) is 24.3 Å². The van der Waals surface area contributed by atoms with Gasteiger partial charge in [-0.2, -0.15) is 0 Å². The van der Waals surface area contributed by atoms with Crippen molar-refractivity contribution in [1.82, 2.24) is 19.9 Å². The zero-order valence-electron chi connectivity index (χ0n) is 38.2. The Hall–Kier alpha value is -5.32. The minimum atomic E-state index is 0.210. The van der Waals surface area contributed by atoms with Crippen LogP contribution >= 0.6 is 0 Å².